The molecule has 136 valence electrons. The third kappa shape index (κ3) is 3.28. The minimum absolute atomic E-state index is 0.324. The van der Waals surface area contributed by atoms with E-state index in [1.165, 1.54) is 12.1 Å². The maximum atomic E-state index is 14.5. The molecule has 5 heteroatoms. The Morgan fingerprint density at radius 2 is 1.56 bits per heavy atom. The van der Waals surface area contributed by atoms with E-state index in [-0.39, 0.29) is 5.82 Å². The number of anilines is 1. The zero-order valence-corrected chi connectivity index (χ0v) is 14.8. The molecule has 0 saturated carbocycles. The number of hydrogen-bond donors (Lipinski definition) is 0. The second kappa shape index (κ2) is 7.19. The first-order valence-corrected chi connectivity index (χ1v) is 8.67. The summed E-state index contributed by atoms with van der Waals surface area (Å²) in [6.45, 7) is 0. The van der Waals surface area contributed by atoms with Crippen molar-refractivity contribution in [2.24, 2.45) is 5.10 Å². The summed E-state index contributed by atoms with van der Waals surface area (Å²) in [6, 6.07) is 20.1. The summed E-state index contributed by atoms with van der Waals surface area (Å²) < 4.78 is 34.1. The third-order valence-electron chi connectivity index (χ3n) is 4.70. The maximum Gasteiger partial charge on any atom is 0.148 e. The average molecular weight is 364 g/mol. The number of rotatable bonds is 4. The van der Waals surface area contributed by atoms with E-state index in [1.807, 2.05) is 24.3 Å². The number of hydrazone groups is 1. The summed E-state index contributed by atoms with van der Waals surface area (Å²) in [4.78, 5) is 0. The standard InChI is InChI=1S/C22H18F2N2O/c1-27-16-12-10-15(11-13-16)20-14-22(17-6-2-3-7-18(17)23)26(25-20)21-9-5-4-8-19(21)24/h2-13,22H,14H2,1H3/t22-/m0/s1. The molecular formula is C22H18F2N2O. The lowest BCUT2D eigenvalue weighted by atomic mass is 9.97. The second-order valence-corrected chi connectivity index (χ2v) is 6.31. The highest BCUT2D eigenvalue weighted by atomic mass is 19.1. The zero-order chi connectivity index (χ0) is 18.8. The van der Waals surface area contributed by atoms with Crippen LogP contribution in [0.3, 0.4) is 0 Å². The first-order chi connectivity index (χ1) is 13.2. The minimum atomic E-state index is -0.416. The number of para-hydroxylation sites is 1. The van der Waals surface area contributed by atoms with E-state index in [0.29, 0.717) is 17.7 Å². The highest BCUT2D eigenvalue weighted by Gasteiger charge is 2.32. The highest BCUT2D eigenvalue weighted by molar-refractivity contribution is 6.03. The van der Waals surface area contributed by atoms with Crippen LogP contribution in [0, 0.1) is 11.6 Å². The van der Waals surface area contributed by atoms with Crippen LogP contribution in [0.25, 0.3) is 0 Å². The third-order valence-corrected chi connectivity index (χ3v) is 4.70. The maximum absolute atomic E-state index is 14.5. The number of benzene rings is 3. The van der Waals surface area contributed by atoms with E-state index in [2.05, 4.69) is 5.10 Å². The Morgan fingerprint density at radius 3 is 2.22 bits per heavy atom. The lowest BCUT2D eigenvalue weighted by Crippen LogP contribution is -2.20. The monoisotopic (exact) mass is 364 g/mol. The Balaban J connectivity index is 1.77. The smallest absolute Gasteiger partial charge is 0.148 e. The SMILES string of the molecule is COc1ccc(C2=NN(c3ccccc3F)[C@H](c3ccccc3F)C2)cc1. The van der Waals surface area contributed by atoms with E-state index >= 15 is 0 Å². The molecule has 0 fully saturated rings. The molecule has 1 aliphatic heterocycles. The number of nitrogens with zero attached hydrogens (tertiary/aromatic N) is 2. The van der Waals surface area contributed by atoms with Crippen molar-refractivity contribution in [3.63, 3.8) is 0 Å². The van der Waals surface area contributed by atoms with Gasteiger partial charge in [-0.15, -0.1) is 0 Å². The van der Waals surface area contributed by atoms with Crippen molar-refractivity contribution < 1.29 is 13.5 Å². The van der Waals surface area contributed by atoms with Crippen LogP contribution in [-0.4, -0.2) is 12.8 Å². The molecule has 1 atom stereocenters. The summed E-state index contributed by atoms with van der Waals surface area (Å²) in [7, 11) is 1.61. The molecule has 27 heavy (non-hydrogen) atoms. The van der Waals surface area contributed by atoms with Crippen molar-refractivity contribution in [2.75, 3.05) is 12.1 Å². The molecule has 0 radical (unpaired) electrons. The predicted octanol–water partition coefficient (Wildman–Crippen LogP) is 5.33. The van der Waals surface area contributed by atoms with E-state index in [1.54, 1.807) is 48.5 Å². The molecule has 0 saturated heterocycles. The molecule has 0 N–H and O–H groups in total. The number of ether oxygens (including phenoxy) is 1. The highest BCUT2D eigenvalue weighted by Crippen LogP contribution is 2.38. The van der Waals surface area contributed by atoms with Gasteiger partial charge in [-0.2, -0.15) is 5.10 Å². The van der Waals surface area contributed by atoms with E-state index in [4.69, 9.17) is 4.74 Å². The van der Waals surface area contributed by atoms with Gasteiger partial charge in [0.05, 0.1) is 24.6 Å². The van der Waals surface area contributed by atoms with Gasteiger partial charge in [0, 0.05) is 12.0 Å². The molecule has 0 aliphatic carbocycles. The summed E-state index contributed by atoms with van der Waals surface area (Å²) >= 11 is 0. The molecule has 3 nitrogen and oxygen atoms in total. The van der Waals surface area contributed by atoms with Crippen molar-refractivity contribution in [3.8, 4) is 5.75 Å². The van der Waals surface area contributed by atoms with Crippen LogP contribution in [0.5, 0.6) is 5.75 Å². The van der Waals surface area contributed by atoms with Gasteiger partial charge < -0.3 is 4.74 Å². The van der Waals surface area contributed by atoms with Gasteiger partial charge in [0.15, 0.2) is 0 Å². The molecule has 4 rings (SSSR count). The molecular weight excluding hydrogens is 346 g/mol. The van der Waals surface area contributed by atoms with Crippen molar-refractivity contribution in [1.29, 1.82) is 0 Å². The lowest BCUT2D eigenvalue weighted by molar-refractivity contribution is 0.415. The molecule has 3 aromatic rings. The van der Waals surface area contributed by atoms with E-state index < -0.39 is 11.9 Å². The first kappa shape index (κ1) is 17.2. The van der Waals surface area contributed by atoms with Crippen LogP contribution in [0.1, 0.15) is 23.6 Å². The Morgan fingerprint density at radius 1 is 0.889 bits per heavy atom. The molecule has 0 aromatic heterocycles. The van der Waals surface area contributed by atoms with E-state index in [9.17, 15) is 8.78 Å². The van der Waals surface area contributed by atoms with Crippen molar-refractivity contribution in [2.45, 2.75) is 12.5 Å². The Hall–Kier alpha value is -3.21. The predicted molar refractivity (Wildman–Crippen MR) is 102 cm³/mol. The fraction of sp³-hybridized carbons (Fsp3) is 0.136. The van der Waals surface area contributed by atoms with Crippen molar-refractivity contribution in [1.82, 2.24) is 0 Å². The van der Waals surface area contributed by atoms with Crippen molar-refractivity contribution in [3.05, 3.63) is 95.6 Å². The van der Waals surface area contributed by atoms with Crippen LogP contribution in [0.15, 0.2) is 77.9 Å². The number of halogens is 2. The normalized spacial score (nSPS) is 16.3. The van der Waals surface area contributed by atoms with E-state index in [0.717, 1.165) is 17.0 Å². The minimum Gasteiger partial charge on any atom is -0.497 e. The summed E-state index contributed by atoms with van der Waals surface area (Å²) in [5.74, 6) is 0.0301. The van der Waals surface area contributed by atoms with Crippen LogP contribution in [-0.2, 0) is 0 Å². The van der Waals surface area contributed by atoms with Gasteiger partial charge in [0.2, 0.25) is 0 Å². The second-order valence-electron chi connectivity index (χ2n) is 6.31. The average Bonchev–Trinajstić information content (AvgIpc) is 3.13. The van der Waals surface area contributed by atoms with Crippen LogP contribution >= 0.6 is 0 Å². The van der Waals surface area contributed by atoms with Gasteiger partial charge in [-0.3, -0.25) is 5.01 Å². The first-order valence-electron chi connectivity index (χ1n) is 8.67. The molecule has 0 bridgehead atoms. The Kier molecular flexibility index (Phi) is 4.59. The van der Waals surface area contributed by atoms with Crippen LogP contribution < -0.4 is 9.75 Å². The van der Waals surface area contributed by atoms with Gasteiger partial charge in [-0.05, 0) is 48.0 Å². The lowest BCUT2D eigenvalue weighted by Gasteiger charge is -2.24. The molecule has 0 amide bonds. The Labute approximate surface area is 156 Å². The quantitative estimate of drug-likeness (QED) is 0.625. The number of methoxy groups -OCH3 is 1. The van der Waals surface area contributed by atoms with Crippen LogP contribution in [0.2, 0.25) is 0 Å². The fourth-order valence-electron chi connectivity index (χ4n) is 3.32. The Bertz CT molecular complexity index is 986. The van der Waals surface area contributed by atoms with Gasteiger partial charge >= 0.3 is 0 Å². The largest absolute Gasteiger partial charge is 0.497 e. The topological polar surface area (TPSA) is 24.8 Å². The summed E-state index contributed by atoms with van der Waals surface area (Å²) in [5, 5.41) is 6.22. The fourth-order valence-corrected chi connectivity index (χ4v) is 3.32. The summed E-state index contributed by atoms with van der Waals surface area (Å²) in [6.07, 6.45) is 0.474. The van der Waals surface area contributed by atoms with Crippen molar-refractivity contribution >= 4 is 11.4 Å². The van der Waals surface area contributed by atoms with Gasteiger partial charge in [0.25, 0.3) is 0 Å². The van der Waals surface area contributed by atoms with Gasteiger partial charge in [-0.25, -0.2) is 8.78 Å². The molecule has 0 unspecified atom stereocenters. The number of hydrogen-bond acceptors (Lipinski definition) is 3. The molecule has 3 aromatic carbocycles. The molecule has 1 aliphatic rings. The van der Waals surface area contributed by atoms with Gasteiger partial charge in [0.1, 0.15) is 17.4 Å². The summed E-state index contributed by atoms with van der Waals surface area (Å²) in [5.41, 5.74) is 2.49. The molecule has 1 heterocycles. The van der Waals surface area contributed by atoms with Crippen LogP contribution in [0.4, 0.5) is 14.5 Å². The molecule has 0 spiro atoms. The zero-order valence-electron chi connectivity index (χ0n) is 14.8. The van der Waals surface area contributed by atoms with Gasteiger partial charge in [-0.1, -0.05) is 30.3 Å².